The van der Waals surface area contributed by atoms with Gasteiger partial charge in [-0.25, -0.2) is 4.98 Å². The van der Waals surface area contributed by atoms with Gasteiger partial charge in [-0.05, 0) is 41.6 Å². The molecule has 0 unspecified atom stereocenters. The van der Waals surface area contributed by atoms with Gasteiger partial charge in [0.25, 0.3) is 5.91 Å². The number of carbonyl (C=O) groups is 1. The molecule has 2 aromatic heterocycles. The smallest absolute Gasteiger partial charge is 0.268 e. The van der Waals surface area contributed by atoms with Gasteiger partial charge in [0.05, 0.1) is 10.2 Å². The van der Waals surface area contributed by atoms with Gasteiger partial charge in [-0.1, -0.05) is 47.7 Å². The summed E-state index contributed by atoms with van der Waals surface area (Å²) in [4.78, 5) is 17.9. The maximum absolute atomic E-state index is 12.7. The number of aryl methyl sites for hydroxylation is 1. The van der Waals surface area contributed by atoms with Crippen LogP contribution in [0.25, 0.3) is 21.3 Å². The number of carbonyl (C=O) groups excluding carboxylic acids is 1. The zero-order valence-electron chi connectivity index (χ0n) is 12.9. The molecule has 4 rings (SSSR count). The first-order valence-corrected chi connectivity index (χ1v) is 9.22. The molecule has 3 nitrogen and oxygen atoms in total. The Hall–Kier alpha value is -2.50. The lowest BCUT2D eigenvalue weighted by Gasteiger charge is -2.03. The monoisotopic (exact) mass is 350 g/mol. The molecule has 0 radical (unpaired) electrons. The third kappa shape index (κ3) is 2.84. The van der Waals surface area contributed by atoms with Gasteiger partial charge in [-0.15, -0.1) is 11.3 Å². The molecule has 118 valence electrons. The minimum atomic E-state index is -0.111. The van der Waals surface area contributed by atoms with Crippen molar-refractivity contribution in [2.24, 2.45) is 0 Å². The summed E-state index contributed by atoms with van der Waals surface area (Å²) in [7, 11) is 0. The molecule has 0 saturated heterocycles. The number of nitrogens with zero attached hydrogens (tertiary/aromatic N) is 1. The third-order valence-electron chi connectivity index (χ3n) is 3.72. The molecule has 1 N–H and O–H groups in total. The standard InChI is InChI=1S/C19H14N2OS2/c1-12-7-8-15-16(11-12)24-19(20-15)21-18(22)17-14(9-10-23-17)13-5-3-2-4-6-13/h2-11H,1H3,(H,20,21,22). The van der Waals surface area contributed by atoms with E-state index in [4.69, 9.17) is 0 Å². The van der Waals surface area contributed by atoms with Crippen molar-refractivity contribution >= 4 is 43.9 Å². The van der Waals surface area contributed by atoms with Crippen LogP contribution in [0.15, 0.2) is 60.0 Å². The van der Waals surface area contributed by atoms with Crippen molar-refractivity contribution in [3.8, 4) is 11.1 Å². The van der Waals surface area contributed by atoms with Gasteiger partial charge in [-0.3, -0.25) is 10.1 Å². The van der Waals surface area contributed by atoms with Crippen molar-refractivity contribution in [3.05, 3.63) is 70.4 Å². The van der Waals surface area contributed by atoms with E-state index in [0.29, 0.717) is 10.0 Å². The van der Waals surface area contributed by atoms with Crippen LogP contribution >= 0.6 is 22.7 Å². The molecular formula is C19H14N2OS2. The summed E-state index contributed by atoms with van der Waals surface area (Å²) < 4.78 is 1.08. The Bertz CT molecular complexity index is 1020. The van der Waals surface area contributed by atoms with Gasteiger partial charge in [0.15, 0.2) is 5.13 Å². The molecule has 0 aliphatic carbocycles. The number of hydrogen-bond acceptors (Lipinski definition) is 4. The molecule has 0 saturated carbocycles. The van der Waals surface area contributed by atoms with Crippen LogP contribution in [0, 0.1) is 6.92 Å². The summed E-state index contributed by atoms with van der Waals surface area (Å²) in [6, 6.07) is 18.0. The van der Waals surface area contributed by atoms with E-state index in [9.17, 15) is 4.79 Å². The highest BCUT2D eigenvalue weighted by Gasteiger charge is 2.16. The molecule has 2 aromatic carbocycles. The largest absolute Gasteiger partial charge is 0.297 e. The maximum atomic E-state index is 12.7. The average molecular weight is 350 g/mol. The normalized spacial score (nSPS) is 10.9. The lowest BCUT2D eigenvalue weighted by Crippen LogP contribution is -2.10. The van der Waals surface area contributed by atoms with Gasteiger partial charge in [0.1, 0.15) is 4.88 Å². The van der Waals surface area contributed by atoms with Gasteiger partial charge in [-0.2, -0.15) is 0 Å². The molecule has 24 heavy (non-hydrogen) atoms. The number of amides is 1. The quantitative estimate of drug-likeness (QED) is 0.523. The van der Waals surface area contributed by atoms with Crippen molar-refractivity contribution in [3.63, 3.8) is 0 Å². The number of thiophene rings is 1. The van der Waals surface area contributed by atoms with E-state index >= 15 is 0 Å². The highest BCUT2D eigenvalue weighted by molar-refractivity contribution is 7.22. The van der Waals surface area contributed by atoms with Gasteiger partial charge in [0, 0.05) is 5.56 Å². The molecule has 2 heterocycles. The Morgan fingerprint density at radius 1 is 1.08 bits per heavy atom. The second kappa shape index (κ2) is 6.19. The van der Waals surface area contributed by atoms with Crippen LogP contribution in [0.4, 0.5) is 5.13 Å². The summed E-state index contributed by atoms with van der Waals surface area (Å²) in [5.41, 5.74) is 4.10. The summed E-state index contributed by atoms with van der Waals surface area (Å²) in [5.74, 6) is -0.111. The van der Waals surface area contributed by atoms with Crippen LogP contribution in [0.2, 0.25) is 0 Å². The van der Waals surface area contributed by atoms with Crippen molar-refractivity contribution in [1.29, 1.82) is 0 Å². The third-order valence-corrected chi connectivity index (χ3v) is 5.57. The number of nitrogens with one attached hydrogen (secondary N) is 1. The van der Waals surface area contributed by atoms with Crippen molar-refractivity contribution in [2.45, 2.75) is 6.92 Å². The first-order chi connectivity index (χ1) is 11.7. The first-order valence-electron chi connectivity index (χ1n) is 7.52. The van der Waals surface area contributed by atoms with Crippen LogP contribution in [-0.2, 0) is 0 Å². The van der Waals surface area contributed by atoms with Crippen LogP contribution in [-0.4, -0.2) is 10.9 Å². The minimum Gasteiger partial charge on any atom is -0.297 e. The molecule has 1 amide bonds. The topological polar surface area (TPSA) is 42.0 Å². The zero-order chi connectivity index (χ0) is 16.5. The summed E-state index contributed by atoms with van der Waals surface area (Å²) in [5, 5.41) is 5.52. The second-order valence-electron chi connectivity index (χ2n) is 5.47. The van der Waals surface area contributed by atoms with E-state index in [1.807, 2.05) is 53.9 Å². The molecule has 0 aliphatic rings. The van der Waals surface area contributed by atoms with Crippen LogP contribution in [0.3, 0.4) is 0 Å². The number of anilines is 1. The van der Waals surface area contributed by atoms with E-state index in [-0.39, 0.29) is 5.91 Å². The van der Waals surface area contributed by atoms with Crippen LogP contribution in [0.1, 0.15) is 15.2 Å². The summed E-state index contributed by atoms with van der Waals surface area (Å²) >= 11 is 2.95. The zero-order valence-corrected chi connectivity index (χ0v) is 14.6. The number of aromatic nitrogens is 1. The second-order valence-corrected chi connectivity index (χ2v) is 7.42. The van der Waals surface area contributed by atoms with Crippen molar-refractivity contribution in [2.75, 3.05) is 5.32 Å². The maximum Gasteiger partial charge on any atom is 0.268 e. The lowest BCUT2D eigenvalue weighted by atomic mass is 10.1. The van der Waals surface area contributed by atoms with E-state index in [2.05, 4.69) is 23.3 Å². The Balaban J connectivity index is 1.64. The minimum absolute atomic E-state index is 0.111. The first kappa shape index (κ1) is 15.1. The number of fused-ring (bicyclic) bond motifs is 1. The fourth-order valence-corrected chi connectivity index (χ4v) is 4.34. The van der Waals surface area contributed by atoms with Gasteiger partial charge in [0.2, 0.25) is 0 Å². The number of benzene rings is 2. The predicted octanol–water partition coefficient (Wildman–Crippen LogP) is 5.59. The molecular weight excluding hydrogens is 336 g/mol. The molecule has 0 bridgehead atoms. The lowest BCUT2D eigenvalue weighted by molar-refractivity contribution is 0.103. The molecule has 0 spiro atoms. The Morgan fingerprint density at radius 3 is 2.75 bits per heavy atom. The van der Waals surface area contributed by atoms with E-state index in [1.165, 1.54) is 28.2 Å². The van der Waals surface area contributed by atoms with Crippen LogP contribution < -0.4 is 5.32 Å². The van der Waals surface area contributed by atoms with Gasteiger partial charge < -0.3 is 0 Å². The average Bonchev–Trinajstić information content (AvgIpc) is 3.21. The van der Waals surface area contributed by atoms with Crippen molar-refractivity contribution in [1.82, 2.24) is 4.98 Å². The predicted molar refractivity (Wildman–Crippen MR) is 102 cm³/mol. The highest BCUT2D eigenvalue weighted by Crippen LogP contribution is 2.31. The van der Waals surface area contributed by atoms with E-state index in [1.54, 1.807) is 0 Å². The summed E-state index contributed by atoms with van der Waals surface area (Å²) in [6.45, 7) is 2.05. The molecule has 4 aromatic rings. The Labute approximate surface area is 147 Å². The molecule has 0 atom stereocenters. The molecule has 5 heteroatoms. The number of rotatable bonds is 3. The molecule has 0 aliphatic heterocycles. The SMILES string of the molecule is Cc1ccc2nc(NC(=O)c3sccc3-c3ccccc3)sc2c1. The summed E-state index contributed by atoms with van der Waals surface area (Å²) in [6.07, 6.45) is 0. The Morgan fingerprint density at radius 2 is 1.92 bits per heavy atom. The number of hydrogen-bond donors (Lipinski definition) is 1. The fourth-order valence-electron chi connectivity index (χ4n) is 2.57. The van der Waals surface area contributed by atoms with E-state index < -0.39 is 0 Å². The highest BCUT2D eigenvalue weighted by atomic mass is 32.1. The van der Waals surface area contributed by atoms with E-state index in [0.717, 1.165) is 21.3 Å². The van der Waals surface area contributed by atoms with Crippen molar-refractivity contribution < 1.29 is 4.79 Å². The van der Waals surface area contributed by atoms with Crippen LogP contribution in [0.5, 0.6) is 0 Å². The fraction of sp³-hybridized carbons (Fsp3) is 0.0526. The number of thiazole rings is 1. The molecule has 0 fully saturated rings. The van der Waals surface area contributed by atoms with Gasteiger partial charge >= 0.3 is 0 Å². The Kier molecular flexibility index (Phi) is 3.88.